The maximum Gasteiger partial charge on any atom is 0.234 e. The van der Waals surface area contributed by atoms with Gasteiger partial charge in [0.05, 0.1) is 23.3 Å². The SMILES string of the molecule is C[C@@H](NC(=O)CN1CCN(c2ccccc2Cl)CC1)c1ccc(F)cc1. The molecule has 0 unspecified atom stereocenters. The molecule has 1 aliphatic heterocycles. The first kappa shape index (κ1) is 18.7. The highest BCUT2D eigenvalue weighted by atomic mass is 35.5. The van der Waals surface area contributed by atoms with Crippen LogP contribution in [-0.4, -0.2) is 43.5 Å². The molecule has 1 aliphatic rings. The summed E-state index contributed by atoms with van der Waals surface area (Å²) >= 11 is 6.26. The number of carbonyl (C=O) groups excluding carboxylic acids is 1. The monoisotopic (exact) mass is 375 g/mol. The highest BCUT2D eigenvalue weighted by Gasteiger charge is 2.21. The first-order valence-corrected chi connectivity index (χ1v) is 9.17. The molecule has 6 heteroatoms. The van der Waals surface area contributed by atoms with Crippen LogP contribution in [0.1, 0.15) is 18.5 Å². The quantitative estimate of drug-likeness (QED) is 0.869. The molecule has 0 bridgehead atoms. The molecule has 26 heavy (non-hydrogen) atoms. The summed E-state index contributed by atoms with van der Waals surface area (Å²) in [5.74, 6) is -0.295. The molecule has 2 aromatic rings. The first-order chi connectivity index (χ1) is 12.5. The van der Waals surface area contributed by atoms with Crippen molar-refractivity contribution in [3.05, 3.63) is 64.9 Å². The lowest BCUT2D eigenvalue weighted by Crippen LogP contribution is -2.49. The van der Waals surface area contributed by atoms with E-state index in [0.717, 1.165) is 42.5 Å². The second-order valence-corrected chi connectivity index (χ2v) is 6.96. The third-order valence-corrected chi connectivity index (χ3v) is 5.00. The van der Waals surface area contributed by atoms with Crippen LogP contribution in [0.5, 0.6) is 0 Å². The van der Waals surface area contributed by atoms with Crippen molar-refractivity contribution in [2.75, 3.05) is 37.6 Å². The number of para-hydroxylation sites is 1. The van der Waals surface area contributed by atoms with Crippen LogP contribution in [0, 0.1) is 5.82 Å². The molecular weight excluding hydrogens is 353 g/mol. The minimum absolute atomic E-state index is 0.0204. The van der Waals surface area contributed by atoms with Crippen molar-refractivity contribution in [2.24, 2.45) is 0 Å². The van der Waals surface area contributed by atoms with Gasteiger partial charge >= 0.3 is 0 Å². The highest BCUT2D eigenvalue weighted by Crippen LogP contribution is 2.26. The number of amides is 1. The topological polar surface area (TPSA) is 35.6 Å². The Hall–Kier alpha value is -2.11. The Bertz CT molecular complexity index is 745. The van der Waals surface area contributed by atoms with Crippen molar-refractivity contribution >= 4 is 23.2 Å². The van der Waals surface area contributed by atoms with E-state index in [1.54, 1.807) is 12.1 Å². The van der Waals surface area contributed by atoms with Crippen molar-refractivity contribution < 1.29 is 9.18 Å². The number of hydrogen-bond donors (Lipinski definition) is 1. The van der Waals surface area contributed by atoms with E-state index < -0.39 is 0 Å². The molecule has 0 aromatic heterocycles. The molecule has 1 atom stereocenters. The molecule has 3 rings (SSSR count). The maximum atomic E-state index is 13.0. The average Bonchev–Trinajstić information content (AvgIpc) is 2.63. The Morgan fingerprint density at radius 3 is 2.42 bits per heavy atom. The van der Waals surface area contributed by atoms with Crippen molar-refractivity contribution in [1.29, 1.82) is 0 Å². The summed E-state index contributed by atoms with van der Waals surface area (Å²) in [6.45, 7) is 5.56. The van der Waals surface area contributed by atoms with E-state index in [1.165, 1.54) is 12.1 Å². The van der Waals surface area contributed by atoms with Gasteiger partial charge in [-0.3, -0.25) is 9.69 Å². The summed E-state index contributed by atoms with van der Waals surface area (Å²) < 4.78 is 13.0. The molecule has 1 saturated heterocycles. The largest absolute Gasteiger partial charge is 0.368 e. The predicted molar refractivity (Wildman–Crippen MR) is 103 cm³/mol. The van der Waals surface area contributed by atoms with Crippen molar-refractivity contribution in [1.82, 2.24) is 10.2 Å². The Morgan fingerprint density at radius 2 is 1.77 bits per heavy atom. The van der Waals surface area contributed by atoms with Crippen LogP contribution in [0.15, 0.2) is 48.5 Å². The molecule has 0 saturated carbocycles. The van der Waals surface area contributed by atoms with Crippen LogP contribution >= 0.6 is 11.6 Å². The lowest BCUT2D eigenvalue weighted by atomic mass is 10.1. The van der Waals surface area contributed by atoms with E-state index in [0.29, 0.717) is 6.54 Å². The van der Waals surface area contributed by atoms with E-state index in [-0.39, 0.29) is 17.8 Å². The van der Waals surface area contributed by atoms with Gasteiger partial charge in [0.2, 0.25) is 5.91 Å². The van der Waals surface area contributed by atoms with Crippen LogP contribution in [0.2, 0.25) is 5.02 Å². The van der Waals surface area contributed by atoms with E-state index in [1.807, 2.05) is 31.2 Å². The Labute approximate surface area is 158 Å². The fourth-order valence-corrected chi connectivity index (χ4v) is 3.44. The van der Waals surface area contributed by atoms with Gasteiger partial charge in [0.15, 0.2) is 0 Å². The van der Waals surface area contributed by atoms with Gasteiger partial charge in [0.25, 0.3) is 0 Å². The molecule has 4 nitrogen and oxygen atoms in total. The van der Waals surface area contributed by atoms with Crippen LogP contribution in [0.25, 0.3) is 0 Å². The van der Waals surface area contributed by atoms with E-state index in [2.05, 4.69) is 15.1 Å². The van der Waals surface area contributed by atoms with Gasteiger partial charge in [0.1, 0.15) is 5.82 Å². The van der Waals surface area contributed by atoms with Gasteiger partial charge in [0, 0.05) is 26.2 Å². The van der Waals surface area contributed by atoms with Gasteiger partial charge in [-0.05, 0) is 36.8 Å². The zero-order chi connectivity index (χ0) is 18.5. The Balaban J connectivity index is 1.47. The number of nitrogens with one attached hydrogen (secondary N) is 1. The molecule has 0 spiro atoms. The molecule has 1 heterocycles. The number of anilines is 1. The van der Waals surface area contributed by atoms with Crippen LogP contribution in [-0.2, 0) is 4.79 Å². The first-order valence-electron chi connectivity index (χ1n) is 8.79. The predicted octanol–water partition coefficient (Wildman–Crippen LogP) is 3.48. The van der Waals surface area contributed by atoms with Gasteiger partial charge in [-0.25, -0.2) is 4.39 Å². The van der Waals surface area contributed by atoms with Crippen molar-refractivity contribution in [2.45, 2.75) is 13.0 Å². The Kier molecular flexibility index (Phi) is 6.12. The molecule has 1 fully saturated rings. The van der Waals surface area contributed by atoms with Gasteiger partial charge in [-0.15, -0.1) is 0 Å². The molecule has 1 N–H and O–H groups in total. The molecule has 0 aliphatic carbocycles. The summed E-state index contributed by atoms with van der Waals surface area (Å²) in [5.41, 5.74) is 1.94. The molecule has 138 valence electrons. The fourth-order valence-electron chi connectivity index (χ4n) is 3.18. The number of benzene rings is 2. The fraction of sp³-hybridized carbons (Fsp3) is 0.350. The summed E-state index contributed by atoms with van der Waals surface area (Å²) in [6, 6.07) is 13.9. The molecular formula is C20H23ClFN3O. The summed E-state index contributed by atoms with van der Waals surface area (Å²) in [4.78, 5) is 16.7. The summed E-state index contributed by atoms with van der Waals surface area (Å²) in [5, 5.41) is 3.73. The molecule has 1 amide bonds. The zero-order valence-electron chi connectivity index (χ0n) is 14.8. The number of hydrogen-bond acceptors (Lipinski definition) is 3. The minimum Gasteiger partial charge on any atom is -0.368 e. The lowest BCUT2D eigenvalue weighted by Gasteiger charge is -2.36. The molecule has 0 radical (unpaired) electrons. The smallest absolute Gasteiger partial charge is 0.234 e. The van der Waals surface area contributed by atoms with Crippen LogP contribution < -0.4 is 10.2 Å². The lowest BCUT2D eigenvalue weighted by molar-refractivity contribution is -0.123. The van der Waals surface area contributed by atoms with E-state index in [9.17, 15) is 9.18 Å². The number of rotatable bonds is 5. The Morgan fingerprint density at radius 1 is 1.12 bits per heavy atom. The van der Waals surface area contributed by atoms with Gasteiger partial charge in [-0.2, -0.15) is 0 Å². The third-order valence-electron chi connectivity index (χ3n) is 4.68. The van der Waals surface area contributed by atoms with Crippen LogP contribution in [0.3, 0.4) is 0 Å². The van der Waals surface area contributed by atoms with Crippen LogP contribution in [0.4, 0.5) is 10.1 Å². The number of piperazine rings is 1. The van der Waals surface area contributed by atoms with E-state index >= 15 is 0 Å². The standard InChI is InChI=1S/C20H23ClFN3O/c1-15(16-6-8-17(22)9-7-16)23-20(26)14-24-10-12-25(13-11-24)19-5-3-2-4-18(19)21/h2-9,15H,10-14H2,1H3,(H,23,26)/t15-/m1/s1. The third kappa shape index (κ3) is 4.74. The van der Waals surface area contributed by atoms with Gasteiger partial charge in [-0.1, -0.05) is 35.9 Å². The minimum atomic E-state index is -0.274. The number of halogens is 2. The highest BCUT2D eigenvalue weighted by molar-refractivity contribution is 6.33. The number of nitrogens with zero attached hydrogens (tertiary/aromatic N) is 2. The van der Waals surface area contributed by atoms with Crippen molar-refractivity contribution in [3.63, 3.8) is 0 Å². The second kappa shape index (κ2) is 8.52. The summed E-state index contributed by atoms with van der Waals surface area (Å²) in [7, 11) is 0. The number of carbonyl (C=O) groups is 1. The molecule has 2 aromatic carbocycles. The normalized spacial score (nSPS) is 16.3. The maximum absolute atomic E-state index is 13.0. The zero-order valence-corrected chi connectivity index (χ0v) is 15.5. The second-order valence-electron chi connectivity index (χ2n) is 6.56. The van der Waals surface area contributed by atoms with E-state index in [4.69, 9.17) is 11.6 Å². The average molecular weight is 376 g/mol. The van der Waals surface area contributed by atoms with Crippen molar-refractivity contribution in [3.8, 4) is 0 Å². The summed E-state index contributed by atoms with van der Waals surface area (Å²) in [6.07, 6.45) is 0. The van der Waals surface area contributed by atoms with Gasteiger partial charge < -0.3 is 10.2 Å².